The highest BCUT2D eigenvalue weighted by Crippen LogP contribution is 2.28. The van der Waals surface area contributed by atoms with Crippen molar-refractivity contribution in [2.45, 2.75) is 43.5 Å². The van der Waals surface area contributed by atoms with E-state index in [1.54, 1.807) is 28.6 Å². The molecule has 2 rings (SSSR count). The predicted molar refractivity (Wildman–Crippen MR) is 68.3 cm³/mol. The van der Waals surface area contributed by atoms with Gasteiger partial charge in [-0.05, 0) is 31.4 Å². The van der Waals surface area contributed by atoms with Gasteiger partial charge in [0.25, 0.3) is 0 Å². The van der Waals surface area contributed by atoms with Crippen LogP contribution in [0.2, 0.25) is 0 Å². The van der Waals surface area contributed by atoms with E-state index in [1.165, 1.54) is 0 Å². The molecule has 1 unspecified atom stereocenters. The van der Waals surface area contributed by atoms with Gasteiger partial charge in [0.05, 0.1) is 4.90 Å². The number of benzene rings is 1. The first-order valence-electron chi connectivity index (χ1n) is 6.23. The summed E-state index contributed by atoms with van der Waals surface area (Å²) in [5, 5.41) is 0. The fourth-order valence-electron chi connectivity index (χ4n) is 2.48. The fourth-order valence-corrected chi connectivity index (χ4v) is 4.22. The molecule has 1 aromatic carbocycles. The molecule has 1 saturated heterocycles. The molecule has 0 aliphatic carbocycles. The van der Waals surface area contributed by atoms with Crippen molar-refractivity contribution >= 4 is 10.0 Å². The molecule has 94 valence electrons. The Labute approximate surface area is 104 Å². The number of hydrogen-bond donors (Lipinski definition) is 0. The summed E-state index contributed by atoms with van der Waals surface area (Å²) < 4.78 is 26.6. The van der Waals surface area contributed by atoms with Gasteiger partial charge in [-0.15, -0.1) is 0 Å². The molecule has 0 amide bonds. The zero-order valence-electron chi connectivity index (χ0n) is 10.2. The molecule has 0 aromatic heterocycles. The summed E-state index contributed by atoms with van der Waals surface area (Å²) in [4.78, 5) is 0.419. The maximum absolute atomic E-state index is 12.4. The van der Waals surface area contributed by atoms with E-state index in [0.29, 0.717) is 11.4 Å². The SMILES string of the molecule is CCCC1CCCN1S(=O)(=O)c1ccccc1. The van der Waals surface area contributed by atoms with Crippen molar-refractivity contribution in [1.82, 2.24) is 4.31 Å². The van der Waals surface area contributed by atoms with Gasteiger partial charge in [-0.1, -0.05) is 31.5 Å². The summed E-state index contributed by atoms with van der Waals surface area (Å²) in [5.41, 5.74) is 0. The van der Waals surface area contributed by atoms with E-state index < -0.39 is 10.0 Å². The third kappa shape index (κ3) is 2.53. The fraction of sp³-hybridized carbons (Fsp3) is 0.538. The van der Waals surface area contributed by atoms with Crippen molar-refractivity contribution in [2.24, 2.45) is 0 Å². The molecule has 1 atom stereocenters. The molecular formula is C13H19NO2S. The Balaban J connectivity index is 2.27. The molecule has 4 heteroatoms. The normalized spacial score (nSPS) is 21.8. The Morgan fingerprint density at radius 1 is 1.29 bits per heavy atom. The summed E-state index contributed by atoms with van der Waals surface area (Å²) >= 11 is 0. The van der Waals surface area contributed by atoms with Crippen molar-refractivity contribution in [3.05, 3.63) is 30.3 Å². The molecule has 17 heavy (non-hydrogen) atoms. The second-order valence-electron chi connectivity index (χ2n) is 4.51. The monoisotopic (exact) mass is 253 g/mol. The predicted octanol–water partition coefficient (Wildman–Crippen LogP) is 2.64. The second kappa shape index (κ2) is 5.19. The van der Waals surface area contributed by atoms with Gasteiger partial charge < -0.3 is 0 Å². The average Bonchev–Trinajstić information content (AvgIpc) is 2.80. The lowest BCUT2D eigenvalue weighted by atomic mass is 10.1. The van der Waals surface area contributed by atoms with Gasteiger partial charge in [-0.3, -0.25) is 0 Å². The van der Waals surface area contributed by atoms with Gasteiger partial charge in [0.2, 0.25) is 10.0 Å². The highest BCUT2D eigenvalue weighted by Gasteiger charge is 2.34. The van der Waals surface area contributed by atoms with Crippen LogP contribution in [0.25, 0.3) is 0 Å². The molecule has 0 saturated carbocycles. The molecule has 0 radical (unpaired) electrons. The van der Waals surface area contributed by atoms with E-state index in [4.69, 9.17) is 0 Å². The summed E-state index contributed by atoms with van der Waals surface area (Å²) in [5.74, 6) is 0. The van der Waals surface area contributed by atoms with Crippen LogP contribution >= 0.6 is 0 Å². The van der Waals surface area contributed by atoms with Crippen LogP contribution in [0.4, 0.5) is 0 Å². The zero-order valence-corrected chi connectivity index (χ0v) is 11.0. The standard InChI is InChI=1S/C13H19NO2S/c1-2-7-12-8-6-11-14(12)17(15,16)13-9-4-3-5-10-13/h3-5,9-10,12H,2,6-8,11H2,1H3. The Kier molecular flexibility index (Phi) is 3.84. The van der Waals surface area contributed by atoms with Crippen molar-refractivity contribution in [2.75, 3.05) is 6.54 Å². The molecule has 3 nitrogen and oxygen atoms in total. The summed E-state index contributed by atoms with van der Waals surface area (Å²) in [7, 11) is -3.28. The van der Waals surface area contributed by atoms with Gasteiger partial charge in [0.1, 0.15) is 0 Å². The first-order valence-corrected chi connectivity index (χ1v) is 7.67. The van der Waals surface area contributed by atoms with Crippen molar-refractivity contribution in [1.29, 1.82) is 0 Å². The number of rotatable bonds is 4. The third-order valence-electron chi connectivity index (χ3n) is 3.29. The molecule has 1 heterocycles. The smallest absolute Gasteiger partial charge is 0.207 e. The lowest BCUT2D eigenvalue weighted by Gasteiger charge is -2.23. The molecule has 0 spiro atoms. The first-order chi connectivity index (χ1) is 8.16. The molecule has 1 aliphatic rings. The molecule has 1 fully saturated rings. The maximum Gasteiger partial charge on any atom is 0.243 e. The van der Waals surface area contributed by atoms with Gasteiger partial charge in [0.15, 0.2) is 0 Å². The molecular weight excluding hydrogens is 234 g/mol. The van der Waals surface area contributed by atoms with Gasteiger partial charge in [-0.2, -0.15) is 4.31 Å². The minimum Gasteiger partial charge on any atom is -0.207 e. The first kappa shape index (κ1) is 12.6. The largest absolute Gasteiger partial charge is 0.243 e. The van der Waals surface area contributed by atoms with E-state index in [0.717, 1.165) is 25.7 Å². The number of sulfonamides is 1. The third-order valence-corrected chi connectivity index (χ3v) is 5.26. The van der Waals surface area contributed by atoms with Crippen LogP contribution in [0.1, 0.15) is 32.6 Å². The van der Waals surface area contributed by atoms with Crippen LogP contribution in [-0.2, 0) is 10.0 Å². The topological polar surface area (TPSA) is 37.4 Å². The van der Waals surface area contributed by atoms with Gasteiger partial charge in [-0.25, -0.2) is 8.42 Å². The lowest BCUT2D eigenvalue weighted by molar-refractivity contribution is 0.368. The molecule has 1 aliphatic heterocycles. The van der Waals surface area contributed by atoms with Gasteiger partial charge in [0, 0.05) is 12.6 Å². The minimum atomic E-state index is -3.28. The Hall–Kier alpha value is -0.870. The van der Waals surface area contributed by atoms with Crippen molar-refractivity contribution < 1.29 is 8.42 Å². The van der Waals surface area contributed by atoms with E-state index in [-0.39, 0.29) is 6.04 Å². The van der Waals surface area contributed by atoms with E-state index >= 15 is 0 Å². The van der Waals surface area contributed by atoms with Crippen molar-refractivity contribution in [3.63, 3.8) is 0 Å². The lowest BCUT2D eigenvalue weighted by Crippen LogP contribution is -2.35. The molecule has 0 bridgehead atoms. The average molecular weight is 253 g/mol. The molecule has 0 N–H and O–H groups in total. The van der Waals surface area contributed by atoms with Crippen LogP contribution < -0.4 is 0 Å². The van der Waals surface area contributed by atoms with Crippen LogP contribution in [0.3, 0.4) is 0 Å². The summed E-state index contributed by atoms with van der Waals surface area (Å²) in [6, 6.07) is 8.94. The van der Waals surface area contributed by atoms with E-state index in [9.17, 15) is 8.42 Å². The number of hydrogen-bond acceptors (Lipinski definition) is 2. The van der Waals surface area contributed by atoms with Crippen molar-refractivity contribution in [3.8, 4) is 0 Å². The van der Waals surface area contributed by atoms with E-state index in [2.05, 4.69) is 6.92 Å². The highest BCUT2D eigenvalue weighted by atomic mass is 32.2. The number of nitrogens with zero attached hydrogens (tertiary/aromatic N) is 1. The Morgan fingerprint density at radius 3 is 2.65 bits per heavy atom. The Bertz CT molecular complexity index is 456. The van der Waals surface area contributed by atoms with Crippen LogP contribution in [0.15, 0.2) is 35.2 Å². The Morgan fingerprint density at radius 2 is 2.00 bits per heavy atom. The van der Waals surface area contributed by atoms with E-state index in [1.807, 2.05) is 6.07 Å². The highest BCUT2D eigenvalue weighted by molar-refractivity contribution is 7.89. The quantitative estimate of drug-likeness (QED) is 0.827. The molecule has 1 aromatic rings. The second-order valence-corrected chi connectivity index (χ2v) is 6.40. The zero-order chi connectivity index (χ0) is 12.3. The maximum atomic E-state index is 12.4. The van der Waals surface area contributed by atoms with Crippen LogP contribution in [0, 0.1) is 0 Å². The van der Waals surface area contributed by atoms with Crippen LogP contribution in [-0.4, -0.2) is 25.3 Å². The van der Waals surface area contributed by atoms with Gasteiger partial charge >= 0.3 is 0 Å². The minimum absolute atomic E-state index is 0.199. The summed E-state index contributed by atoms with van der Waals surface area (Å²) in [6.45, 7) is 2.77. The summed E-state index contributed by atoms with van der Waals surface area (Å²) in [6.07, 6.45) is 3.98. The van der Waals surface area contributed by atoms with Crippen LogP contribution in [0.5, 0.6) is 0 Å².